The molecular formula is C24H34N6O. The third kappa shape index (κ3) is 3.92. The van der Waals surface area contributed by atoms with Crippen molar-refractivity contribution in [1.82, 2.24) is 24.9 Å². The van der Waals surface area contributed by atoms with Gasteiger partial charge in [-0.05, 0) is 52.5 Å². The van der Waals surface area contributed by atoms with E-state index in [0.29, 0.717) is 29.5 Å². The highest BCUT2D eigenvalue weighted by atomic mass is 16.3. The monoisotopic (exact) mass is 422 g/mol. The molecule has 2 aliphatic rings. The average Bonchev–Trinajstić information content (AvgIpc) is 3.34. The summed E-state index contributed by atoms with van der Waals surface area (Å²) in [5.41, 5.74) is 10.9. The fourth-order valence-electron chi connectivity index (χ4n) is 4.91. The molecule has 0 aromatic carbocycles. The van der Waals surface area contributed by atoms with Crippen LogP contribution in [0.4, 0.5) is 5.82 Å². The van der Waals surface area contributed by atoms with Crippen LogP contribution in [0.1, 0.15) is 76.2 Å². The number of anilines is 1. The Bertz CT molecular complexity index is 1050. The van der Waals surface area contributed by atoms with E-state index >= 15 is 0 Å². The molecule has 7 heteroatoms. The van der Waals surface area contributed by atoms with Gasteiger partial charge in [0.15, 0.2) is 5.65 Å². The van der Waals surface area contributed by atoms with Crippen molar-refractivity contribution < 1.29 is 5.11 Å². The molecule has 0 radical (unpaired) electrons. The van der Waals surface area contributed by atoms with Crippen molar-refractivity contribution in [3.63, 3.8) is 0 Å². The number of nitrogens with two attached hydrogens (primary N) is 1. The summed E-state index contributed by atoms with van der Waals surface area (Å²) in [4.78, 5) is 9.52. The lowest BCUT2D eigenvalue weighted by atomic mass is 9.87. The minimum atomic E-state index is -0.971. The molecule has 31 heavy (non-hydrogen) atoms. The van der Waals surface area contributed by atoms with Crippen molar-refractivity contribution in [1.29, 1.82) is 0 Å². The highest BCUT2D eigenvalue weighted by molar-refractivity contribution is 5.78. The van der Waals surface area contributed by atoms with Gasteiger partial charge in [0.25, 0.3) is 0 Å². The van der Waals surface area contributed by atoms with E-state index in [4.69, 9.17) is 10.7 Å². The number of aromatic nitrogens is 4. The van der Waals surface area contributed by atoms with Crippen molar-refractivity contribution in [2.24, 2.45) is 0 Å². The van der Waals surface area contributed by atoms with Gasteiger partial charge in [-0.25, -0.2) is 4.98 Å². The Hall–Kier alpha value is -2.51. The number of piperidine rings is 1. The molecule has 0 amide bonds. The van der Waals surface area contributed by atoms with E-state index in [9.17, 15) is 5.11 Å². The van der Waals surface area contributed by atoms with Gasteiger partial charge >= 0.3 is 0 Å². The number of hydrogen-bond donors (Lipinski definition) is 3. The normalized spacial score (nSPS) is 23.0. The number of aliphatic hydroxyl groups is 1. The minimum absolute atomic E-state index is 0.430. The second-order valence-corrected chi connectivity index (χ2v) is 9.10. The lowest BCUT2D eigenvalue weighted by Crippen LogP contribution is -2.37. The van der Waals surface area contributed by atoms with Crippen LogP contribution in [-0.2, 0) is 5.60 Å². The Labute approximate surface area is 184 Å². The van der Waals surface area contributed by atoms with Crippen LogP contribution >= 0.6 is 0 Å². The molecule has 0 saturated carbocycles. The molecule has 4 N–H and O–H groups in total. The van der Waals surface area contributed by atoms with E-state index in [1.165, 1.54) is 12.8 Å². The van der Waals surface area contributed by atoms with Gasteiger partial charge in [0, 0.05) is 40.9 Å². The molecule has 166 valence electrons. The molecule has 2 atom stereocenters. The van der Waals surface area contributed by atoms with Crippen LogP contribution in [0, 0.1) is 6.92 Å². The van der Waals surface area contributed by atoms with E-state index in [0.717, 1.165) is 40.9 Å². The summed E-state index contributed by atoms with van der Waals surface area (Å²) in [5.74, 6) is 1.09. The fourth-order valence-corrected chi connectivity index (χ4v) is 4.91. The van der Waals surface area contributed by atoms with Crippen molar-refractivity contribution in [3.8, 4) is 11.1 Å². The van der Waals surface area contributed by atoms with Crippen molar-refractivity contribution in [2.75, 3.05) is 5.73 Å². The maximum absolute atomic E-state index is 10.2. The second-order valence-electron chi connectivity index (χ2n) is 9.10. The molecular weight excluding hydrogens is 388 g/mol. The van der Waals surface area contributed by atoms with Gasteiger partial charge < -0.3 is 16.2 Å². The second kappa shape index (κ2) is 8.20. The van der Waals surface area contributed by atoms with Crippen LogP contribution in [0.15, 0.2) is 24.5 Å². The van der Waals surface area contributed by atoms with Crippen molar-refractivity contribution in [2.45, 2.75) is 83.9 Å². The Morgan fingerprint density at radius 1 is 1.13 bits per heavy atom. The van der Waals surface area contributed by atoms with Gasteiger partial charge in [0.1, 0.15) is 11.4 Å². The molecule has 5 rings (SSSR count). The predicted molar refractivity (Wildman–Crippen MR) is 124 cm³/mol. The Morgan fingerprint density at radius 2 is 1.81 bits per heavy atom. The molecule has 2 aliphatic heterocycles. The number of nitrogen functional groups attached to an aromatic ring is 1. The molecule has 2 fully saturated rings. The molecule has 3 aromatic rings. The number of nitrogens with one attached hydrogen (secondary N) is 1. The molecule has 2 saturated heterocycles. The van der Waals surface area contributed by atoms with Gasteiger partial charge in [0.05, 0.1) is 17.6 Å². The third-order valence-electron chi connectivity index (χ3n) is 6.53. The molecule has 5 heterocycles. The van der Waals surface area contributed by atoms with Gasteiger partial charge in [-0.1, -0.05) is 19.9 Å². The van der Waals surface area contributed by atoms with E-state index in [1.54, 1.807) is 30.8 Å². The number of fused-ring (bicyclic) bond motifs is 3. The zero-order valence-electron chi connectivity index (χ0n) is 19.2. The van der Waals surface area contributed by atoms with Crippen LogP contribution in [0.5, 0.6) is 0 Å². The van der Waals surface area contributed by atoms with E-state index in [1.807, 2.05) is 26.0 Å². The molecule has 0 spiro atoms. The Morgan fingerprint density at radius 3 is 2.39 bits per heavy atom. The number of hydrogen-bond acceptors (Lipinski definition) is 6. The first-order chi connectivity index (χ1) is 14.8. The Balaban J connectivity index is 0.00000112. The topological polar surface area (TPSA) is 101 Å². The predicted octanol–water partition coefficient (Wildman–Crippen LogP) is 3.93. The Kier molecular flexibility index (Phi) is 5.75. The molecule has 3 aromatic heterocycles. The summed E-state index contributed by atoms with van der Waals surface area (Å²) in [7, 11) is 0. The lowest BCUT2D eigenvalue weighted by molar-refractivity contribution is 0.0739. The SMILES string of the molecule is CC.Cc1c(C2CC3CCC(C2)N3)nc2c(-c3ccc(C(C)(C)O)nc3)cnn2c1N. The highest BCUT2D eigenvalue weighted by Crippen LogP contribution is 2.39. The van der Waals surface area contributed by atoms with Gasteiger partial charge in [0.2, 0.25) is 0 Å². The van der Waals surface area contributed by atoms with Gasteiger partial charge in [-0.2, -0.15) is 9.61 Å². The molecule has 2 bridgehead atoms. The minimum Gasteiger partial charge on any atom is -0.384 e. The quantitative estimate of drug-likeness (QED) is 0.591. The van der Waals surface area contributed by atoms with Crippen LogP contribution in [0.25, 0.3) is 16.8 Å². The molecule has 7 nitrogen and oxygen atoms in total. The van der Waals surface area contributed by atoms with Crippen LogP contribution in [0.3, 0.4) is 0 Å². The summed E-state index contributed by atoms with van der Waals surface area (Å²) in [6.45, 7) is 9.52. The first kappa shape index (κ1) is 21.7. The largest absolute Gasteiger partial charge is 0.384 e. The number of rotatable bonds is 3. The van der Waals surface area contributed by atoms with Crippen molar-refractivity contribution >= 4 is 11.5 Å². The van der Waals surface area contributed by atoms with Crippen LogP contribution in [0.2, 0.25) is 0 Å². The van der Waals surface area contributed by atoms with Crippen LogP contribution < -0.4 is 11.1 Å². The maximum Gasteiger partial charge on any atom is 0.165 e. The smallest absolute Gasteiger partial charge is 0.165 e. The summed E-state index contributed by atoms with van der Waals surface area (Å²) in [6.07, 6.45) is 8.32. The van der Waals surface area contributed by atoms with E-state index < -0.39 is 5.60 Å². The van der Waals surface area contributed by atoms with E-state index in [2.05, 4.69) is 22.3 Å². The zero-order valence-corrected chi connectivity index (χ0v) is 19.2. The summed E-state index contributed by atoms with van der Waals surface area (Å²) < 4.78 is 1.73. The first-order valence-electron chi connectivity index (χ1n) is 11.4. The number of nitrogens with zero attached hydrogens (tertiary/aromatic N) is 4. The summed E-state index contributed by atoms with van der Waals surface area (Å²) >= 11 is 0. The summed E-state index contributed by atoms with van der Waals surface area (Å²) in [6, 6.07) is 5.00. The lowest BCUT2D eigenvalue weighted by Gasteiger charge is -2.30. The third-order valence-corrected chi connectivity index (χ3v) is 6.53. The molecule has 0 aliphatic carbocycles. The van der Waals surface area contributed by atoms with Gasteiger partial charge in [-0.3, -0.25) is 4.98 Å². The fraction of sp³-hybridized carbons (Fsp3) is 0.542. The van der Waals surface area contributed by atoms with Crippen LogP contribution in [-0.4, -0.2) is 36.8 Å². The maximum atomic E-state index is 10.2. The zero-order chi connectivity index (χ0) is 22.3. The van der Waals surface area contributed by atoms with Gasteiger partial charge in [-0.15, -0.1) is 0 Å². The summed E-state index contributed by atoms with van der Waals surface area (Å²) in [5, 5.41) is 18.4. The standard InChI is InChI=1S/C22H28N6O.C2H6/c1-12-19(14-8-15-5-6-16(9-14)26-15)27-21-17(11-25-28(21)20(12)23)13-4-7-18(24-10-13)22(2,3)29;1-2/h4,7,10-11,14-16,26,29H,5-6,8-9,23H2,1-3H3;1-2H3. The molecule has 2 unspecified atom stereocenters. The first-order valence-corrected chi connectivity index (χ1v) is 11.4. The average molecular weight is 423 g/mol. The van der Waals surface area contributed by atoms with Crippen molar-refractivity contribution in [3.05, 3.63) is 41.5 Å². The van der Waals surface area contributed by atoms with E-state index in [-0.39, 0.29) is 0 Å². The number of pyridine rings is 1. The highest BCUT2D eigenvalue weighted by Gasteiger charge is 2.36.